The second-order valence-corrected chi connectivity index (χ2v) is 4.73. The topological polar surface area (TPSA) is 70.2 Å². The zero-order chi connectivity index (χ0) is 13.1. The SMILES string of the molecule is O=C(O)c1c(Cc2ccc(Br)cc2)cc[nH]c1=O. The van der Waals surface area contributed by atoms with Gasteiger partial charge < -0.3 is 10.1 Å². The minimum atomic E-state index is -1.20. The smallest absolute Gasteiger partial charge is 0.341 e. The first-order valence-corrected chi connectivity index (χ1v) is 6.05. The lowest BCUT2D eigenvalue weighted by Crippen LogP contribution is -2.19. The number of rotatable bonds is 3. The lowest BCUT2D eigenvalue weighted by Gasteiger charge is -2.05. The van der Waals surface area contributed by atoms with E-state index >= 15 is 0 Å². The highest BCUT2D eigenvalue weighted by atomic mass is 79.9. The molecule has 5 heteroatoms. The van der Waals surface area contributed by atoms with Crippen LogP contribution >= 0.6 is 15.9 Å². The number of carbonyl (C=O) groups is 1. The monoisotopic (exact) mass is 307 g/mol. The molecule has 2 N–H and O–H groups in total. The van der Waals surface area contributed by atoms with Crippen molar-refractivity contribution >= 4 is 21.9 Å². The fourth-order valence-electron chi connectivity index (χ4n) is 1.72. The van der Waals surface area contributed by atoms with Crippen LogP contribution in [0.25, 0.3) is 0 Å². The molecular weight excluding hydrogens is 298 g/mol. The average molecular weight is 308 g/mol. The Morgan fingerprint density at radius 1 is 1.22 bits per heavy atom. The molecule has 18 heavy (non-hydrogen) atoms. The number of aromatic carboxylic acids is 1. The van der Waals surface area contributed by atoms with Crippen LogP contribution in [0.3, 0.4) is 0 Å². The number of H-pyrrole nitrogens is 1. The zero-order valence-corrected chi connectivity index (χ0v) is 10.9. The van der Waals surface area contributed by atoms with Gasteiger partial charge in [-0.25, -0.2) is 4.79 Å². The average Bonchev–Trinajstić information content (AvgIpc) is 2.32. The summed E-state index contributed by atoms with van der Waals surface area (Å²) in [6.45, 7) is 0. The lowest BCUT2D eigenvalue weighted by molar-refractivity contribution is 0.0694. The summed E-state index contributed by atoms with van der Waals surface area (Å²) in [4.78, 5) is 24.9. The van der Waals surface area contributed by atoms with E-state index in [2.05, 4.69) is 20.9 Å². The maximum atomic E-state index is 11.5. The van der Waals surface area contributed by atoms with Gasteiger partial charge in [0, 0.05) is 10.7 Å². The number of carboxylic acids is 1. The van der Waals surface area contributed by atoms with E-state index in [1.54, 1.807) is 6.07 Å². The zero-order valence-electron chi connectivity index (χ0n) is 9.31. The summed E-state index contributed by atoms with van der Waals surface area (Å²) in [6, 6.07) is 9.15. The Hall–Kier alpha value is -1.88. The van der Waals surface area contributed by atoms with Gasteiger partial charge in [0.05, 0.1) is 0 Å². The summed E-state index contributed by atoms with van der Waals surface area (Å²) in [7, 11) is 0. The molecule has 0 saturated carbocycles. The second kappa shape index (κ2) is 5.18. The first kappa shape index (κ1) is 12.6. The van der Waals surface area contributed by atoms with Gasteiger partial charge in [0.2, 0.25) is 0 Å². The highest BCUT2D eigenvalue weighted by Gasteiger charge is 2.14. The van der Waals surface area contributed by atoms with Crippen LogP contribution in [-0.4, -0.2) is 16.1 Å². The largest absolute Gasteiger partial charge is 0.477 e. The minimum Gasteiger partial charge on any atom is -0.477 e. The molecule has 0 radical (unpaired) electrons. The molecule has 1 aromatic heterocycles. The first-order chi connectivity index (χ1) is 8.58. The molecule has 0 aliphatic carbocycles. The molecule has 0 saturated heterocycles. The third kappa shape index (κ3) is 2.68. The minimum absolute atomic E-state index is 0.194. The lowest BCUT2D eigenvalue weighted by atomic mass is 10.0. The van der Waals surface area contributed by atoms with Crippen molar-refractivity contribution < 1.29 is 9.90 Å². The standard InChI is InChI=1S/C13H10BrNO3/c14-10-3-1-8(2-4-10)7-9-5-6-15-12(16)11(9)13(17)18/h1-6H,7H2,(H,15,16)(H,17,18). The Morgan fingerprint density at radius 3 is 2.50 bits per heavy atom. The van der Waals surface area contributed by atoms with Crippen LogP contribution in [0.2, 0.25) is 0 Å². The highest BCUT2D eigenvalue weighted by molar-refractivity contribution is 9.10. The van der Waals surface area contributed by atoms with Gasteiger partial charge in [-0.15, -0.1) is 0 Å². The van der Waals surface area contributed by atoms with Crippen molar-refractivity contribution in [2.24, 2.45) is 0 Å². The van der Waals surface area contributed by atoms with Crippen molar-refractivity contribution in [1.82, 2.24) is 4.98 Å². The van der Waals surface area contributed by atoms with Crippen molar-refractivity contribution in [2.45, 2.75) is 6.42 Å². The van der Waals surface area contributed by atoms with E-state index in [4.69, 9.17) is 5.11 Å². The van der Waals surface area contributed by atoms with Crippen LogP contribution in [-0.2, 0) is 6.42 Å². The number of benzene rings is 1. The Bertz CT molecular complexity index is 631. The molecule has 1 aromatic carbocycles. The molecule has 4 nitrogen and oxygen atoms in total. The van der Waals surface area contributed by atoms with Crippen LogP contribution in [0.15, 0.2) is 45.8 Å². The van der Waals surface area contributed by atoms with E-state index < -0.39 is 11.5 Å². The van der Waals surface area contributed by atoms with Crippen molar-refractivity contribution in [3.63, 3.8) is 0 Å². The van der Waals surface area contributed by atoms with Crippen LogP contribution in [0.4, 0.5) is 0 Å². The van der Waals surface area contributed by atoms with Crippen molar-refractivity contribution in [2.75, 3.05) is 0 Å². The molecule has 1 heterocycles. The molecule has 0 amide bonds. The van der Waals surface area contributed by atoms with Crippen LogP contribution in [0.1, 0.15) is 21.5 Å². The molecule has 0 aliphatic rings. The van der Waals surface area contributed by atoms with E-state index in [0.717, 1.165) is 10.0 Å². The maximum Gasteiger partial charge on any atom is 0.341 e. The van der Waals surface area contributed by atoms with Crippen molar-refractivity contribution in [3.8, 4) is 0 Å². The number of aromatic amines is 1. The molecule has 0 spiro atoms. The van der Waals surface area contributed by atoms with E-state index in [1.165, 1.54) is 6.20 Å². The number of halogens is 1. The normalized spacial score (nSPS) is 10.3. The van der Waals surface area contributed by atoms with E-state index in [1.807, 2.05) is 24.3 Å². The predicted octanol–water partition coefficient (Wildman–Crippen LogP) is 2.43. The molecule has 2 rings (SSSR count). The summed E-state index contributed by atoms with van der Waals surface area (Å²) >= 11 is 3.33. The van der Waals surface area contributed by atoms with Crippen LogP contribution in [0, 0.1) is 0 Å². The maximum absolute atomic E-state index is 11.5. The summed E-state index contributed by atoms with van der Waals surface area (Å²) in [6.07, 6.45) is 1.88. The van der Waals surface area contributed by atoms with Crippen LogP contribution < -0.4 is 5.56 Å². The van der Waals surface area contributed by atoms with E-state index in [-0.39, 0.29) is 5.56 Å². The predicted molar refractivity (Wildman–Crippen MR) is 71.0 cm³/mol. The van der Waals surface area contributed by atoms with Gasteiger partial charge in [-0.3, -0.25) is 4.79 Å². The van der Waals surface area contributed by atoms with Crippen molar-refractivity contribution in [3.05, 3.63) is 68.0 Å². The fourth-order valence-corrected chi connectivity index (χ4v) is 1.99. The Morgan fingerprint density at radius 2 is 1.89 bits per heavy atom. The van der Waals surface area contributed by atoms with Gasteiger partial charge in [-0.1, -0.05) is 28.1 Å². The van der Waals surface area contributed by atoms with Gasteiger partial charge in [0.25, 0.3) is 5.56 Å². The van der Waals surface area contributed by atoms with Crippen LogP contribution in [0.5, 0.6) is 0 Å². The first-order valence-electron chi connectivity index (χ1n) is 5.26. The molecular formula is C13H10BrNO3. The quantitative estimate of drug-likeness (QED) is 0.915. The molecule has 0 fully saturated rings. The molecule has 2 aromatic rings. The van der Waals surface area contributed by atoms with E-state index in [0.29, 0.717) is 12.0 Å². The van der Waals surface area contributed by atoms with Gasteiger partial charge in [0.1, 0.15) is 5.56 Å². The van der Waals surface area contributed by atoms with Gasteiger partial charge >= 0.3 is 5.97 Å². The number of hydrogen-bond acceptors (Lipinski definition) is 2. The summed E-state index contributed by atoms with van der Waals surface area (Å²) < 4.78 is 0.954. The van der Waals surface area contributed by atoms with Gasteiger partial charge in [-0.2, -0.15) is 0 Å². The second-order valence-electron chi connectivity index (χ2n) is 3.82. The van der Waals surface area contributed by atoms with Gasteiger partial charge in [0.15, 0.2) is 0 Å². The molecule has 0 bridgehead atoms. The number of carboxylic acid groups (broad SMARTS) is 1. The molecule has 92 valence electrons. The molecule has 0 unspecified atom stereocenters. The Labute approximate surface area is 111 Å². The molecule has 0 aliphatic heterocycles. The highest BCUT2D eigenvalue weighted by Crippen LogP contribution is 2.15. The van der Waals surface area contributed by atoms with Gasteiger partial charge in [-0.05, 0) is 35.7 Å². The Balaban J connectivity index is 2.40. The Kier molecular flexibility index (Phi) is 3.62. The third-order valence-electron chi connectivity index (χ3n) is 2.57. The summed E-state index contributed by atoms with van der Waals surface area (Å²) in [5.74, 6) is -1.20. The summed E-state index contributed by atoms with van der Waals surface area (Å²) in [5, 5.41) is 9.04. The number of nitrogens with one attached hydrogen (secondary N) is 1. The molecule has 0 atom stereocenters. The summed E-state index contributed by atoms with van der Waals surface area (Å²) in [5.41, 5.74) is 0.692. The van der Waals surface area contributed by atoms with E-state index in [9.17, 15) is 9.59 Å². The number of pyridine rings is 1. The van der Waals surface area contributed by atoms with Crippen molar-refractivity contribution in [1.29, 1.82) is 0 Å². The number of hydrogen-bond donors (Lipinski definition) is 2. The fraction of sp³-hybridized carbons (Fsp3) is 0.0769. The third-order valence-corrected chi connectivity index (χ3v) is 3.10. The number of aromatic nitrogens is 1.